The lowest BCUT2D eigenvalue weighted by molar-refractivity contribution is 0.0981. The Bertz CT molecular complexity index is 1050. The lowest BCUT2D eigenvalue weighted by atomic mass is 9.96. The fraction of sp³-hybridized carbons (Fsp3) is 0.269. The summed E-state index contributed by atoms with van der Waals surface area (Å²) in [6.07, 6.45) is 1.01. The second-order valence-electron chi connectivity index (χ2n) is 8.13. The van der Waals surface area contributed by atoms with Crippen molar-refractivity contribution in [3.63, 3.8) is 0 Å². The zero-order valence-corrected chi connectivity index (χ0v) is 17.7. The number of amides is 1. The van der Waals surface area contributed by atoms with Crippen LogP contribution in [0.5, 0.6) is 0 Å². The maximum atomic E-state index is 14.1. The molecule has 1 N–H and O–H groups in total. The molecule has 0 saturated carbocycles. The van der Waals surface area contributed by atoms with Gasteiger partial charge in [0.15, 0.2) is 0 Å². The van der Waals surface area contributed by atoms with Crippen molar-refractivity contribution in [2.75, 3.05) is 25.0 Å². The summed E-state index contributed by atoms with van der Waals surface area (Å²) in [7, 11) is 1.99. The maximum Gasteiger partial charge on any atom is 0.261 e. The predicted molar refractivity (Wildman–Crippen MR) is 121 cm³/mol. The van der Waals surface area contributed by atoms with E-state index in [-0.39, 0.29) is 11.5 Å². The monoisotopic (exact) mass is 418 g/mol. The molecule has 3 aromatic rings. The minimum atomic E-state index is -0.628. The number of rotatable bonds is 6. The summed E-state index contributed by atoms with van der Waals surface area (Å²) < 4.78 is 14.1. The van der Waals surface area contributed by atoms with E-state index in [9.17, 15) is 14.3 Å². The van der Waals surface area contributed by atoms with Crippen molar-refractivity contribution < 1.29 is 14.3 Å². The van der Waals surface area contributed by atoms with E-state index in [2.05, 4.69) is 17.0 Å². The van der Waals surface area contributed by atoms with E-state index in [0.29, 0.717) is 13.1 Å². The number of fused-ring (bicyclic) bond motifs is 1. The lowest BCUT2D eigenvalue weighted by Crippen LogP contribution is -2.36. The maximum absolute atomic E-state index is 14.1. The Balaban J connectivity index is 1.49. The molecule has 0 bridgehead atoms. The van der Waals surface area contributed by atoms with E-state index in [4.69, 9.17) is 0 Å². The predicted octanol–water partition coefficient (Wildman–Crippen LogP) is 4.58. The van der Waals surface area contributed by atoms with Crippen LogP contribution in [0.25, 0.3) is 0 Å². The molecule has 1 amide bonds. The largest absolute Gasteiger partial charge is 0.387 e. The number of nitrogens with zero attached hydrogens (tertiary/aromatic N) is 2. The van der Waals surface area contributed by atoms with Gasteiger partial charge in [-0.1, -0.05) is 54.6 Å². The van der Waals surface area contributed by atoms with Gasteiger partial charge in [0.05, 0.1) is 11.7 Å². The number of benzene rings is 3. The fourth-order valence-electron chi connectivity index (χ4n) is 4.18. The molecule has 0 spiro atoms. The van der Waals surface area contributed by atoms with Crippen LogP contribution in [0.3, 0.4) is 0 Å². The van der Waals surface area contributed by atoms with E-state index in [1.54, 1.807) is 17.0 Å². The second-order valence-corrected chi connectivity index (χ2v) is 8.13. The van der Waals surface area contributed by atoms with Crippen LogP contribution in [0.1, 0.15) is 39.6 Å². The number of carbonyl (C=O) groups is 1. The quantitative estimate of drug-likeness (QED) is 0.637. The molecule has 0 unspecified atom stereocenters. The Morgan fingerprint density at radius 1 is 1.10 bits per heavy atom. The summed E-state index contributed by atoms with van der Waals surface area (Å²) in [5.74, 6) is -0.830. The minimum absolute atomic E-state index is 0.0852. The highest BCUT2D eigenvalue weighted by Gasteiger charge is 2.26. The van der Waals surface area contributed by atoms with E-state index in [0.717, 1.165) is 36.2 Å². The highest BCUT2D eigenvalue weighted by atomic mass is 19.1. The number of halogens is 1. The molecule has 160 valence electrons. The molecule has 0 aliphatic carbocycles. The van der Waals surface area contributed by atoms with Gasteiger partial charge in [-0.25, -0.2) is 4.39 Å². The summed E-state index contributed by atoms with van der Waals surface area (Å²) in [4.78, 5) is 16.7. The van der Waals surface area contributed by atoms with Crippen LogP contribution in [0.15, 0.2) is 72.8 Å². The molecule has 4 rings (SSSR count). The third-order valence-electron chi connectivity index (χ3n) is 5.74. The van der Waals surface area contributed by atoms with Crippen molar-refractivity contribution >= 4 is 11.6 Å². The van der Waals surface area contributed by atoms with E-state index in [1.807, 2.05) is 43.4 Å². The zero-order chi connectivity index (χ0) is 21.8. The number of likely N-dealkylation sites (N-methyl/N-ethyl adjacent to an activating group) is 1. The van der Waals surface area contributed by atoms with Gasteiger partial charge >= 0.3 is 0 Å². The summed E-state index contributed by atoms with van der Waals surface area (Å²) in [5, 5.41) is 10.8. The second kappa shape index (κ2) is 9.41. The number of hydrogen-bond donors (Lipinski definition) is 1. The highest BCUT2D eigenvalue weighted by molar-refractivity contribution is 6.06. The summed E-state index contributed by atoms with van der Waals surface area (Å²) >= 11 is 0. The Kier molecular flexibility index (Phi) is 6.44. The topological polar surface area (TPSA) is 43.8 Å². The van der Waals surface area contributed by atoms with Crippen molar-refractivity contribution in [3.05, 3.63) is 101 Å². The van der Waals surface area contributed by atoms with E-state index < -0.39 is 11.9 Å². The Labute approximate surface area is 182 Å². The van der Waals surface area contributed by atoms with Crippen LogP contribution in [-0.2, 0) is 13.0 Å². The molecule has 4 nitrogen and oxygen atoms in total. The molecule has 1 heterocycles. The van der Waals surface area contributed by atoms with Crippen LogP contribution >= 0.6 is 0 Å². The van der Waals surface area contributed by atoms with Gasteiger partial charge in [0.25, 0.3) is 5.91 Å². The molecule has 0 radical (unpaired) electrons. The third-order valence-corrected chi connectivity index (χ3v) is 5.74. The Hall–Kier alpha value is -3.02. The zero-order valence-electron chi connectivity index (χ0n) is 17.7. The highest BCUT2D eigenvalue weighted by Crippen LogP contribution is 2.31. The lowest BCUT2D eigenvalue weighted by Gasteiger charge is -2.30. The molecule has 0 fully saturated rings. The van der Waals surface area contributed by atoms with E-state index in [1.165, 1.54) is 17.7 Å². The molecule has 0 aromatic heterocycles. The number of aliphatic hydroxyl groups excluding tert-OH is 1. The normalized spacial score (nSPS) is 14.4. The van der Waals surface area contributed by atoms with Crippen molar-refractivity contribution in [2.45, 2.75) is 25.5 Å². The van der Waals surface area contributed by atoms with Crippen LogP contribution in [-0.4, -0.2) is 36.1 Å². The Morgan fingerprint density at radius 2 is 1.84 bits per heavy atom. The first kappa shape index (κ1) is 21.2. The molecular formula is C26H27FN2O2. The van der Waals surface area contributed by atoms with Crippen LogP contribution in [0, 0.1) is 5.82 Å². The van der Waals surface area contributed by atoms with Crippen molar-refractivity contribution in [1.29, 1.82) is 0 Å². The van der Waals surface area contributed by atoms with Gasteiger partial charge in [0, 0.05) is 25.3 Å². The Morgan fingerprint density at radius 3 is 2.61 bits per heavy atom. The minimum Gasteiger partial charge on any atom is -0.387 e. The van der Waals surface area contributed by atoms with Gasteiger partial charge in [-0.3, -0.25) is 9.69 Å². The van der Waals surface area contributed by atoms with Crippen molar-refractivity contribution in [1.82, 2.24) is 4.90 Å². The molecule has 1 atom stereocenters. The summed E-state index contributed by atoms with van der Waals surface area (Å²) in [6, 6.07) is 22.0. The molecule has 5 heteroatoms. The van der Waals surface area contributed by atoms with Gasteiger partial charge < -0.3 is 10.0 Å². The van der Waals surface area contributed by atoms with Crippen molar-refractivity contribution in [3.8, 4) is 0 Å². The van der Waals surface area contributed by atoms with Crippen LogP contribution in [0.4, 0.5) is 10.1 Å². The number of hydrogen-bond acceptors (Lipinski definition) is 3. The molecule has 1 aliphatic rings. The number of carbonyl (C=O) groups excluding carboxylic acids is 1. The average molecular weight is 419 g/mol. The van der Waals surface area contributed by atoms with E-state index >= 15 is 0 Å². The first-order valence-corrected chi connectivity index (χ1v) is 10.6. The molecule has 0 saturated heterocycles. The molecular weight excluding hydrogens is 391 g/mol. The first-order chi connectivity index (χ1) is 15.0. The van der Waals surface area contributed by atoms with Gasteiger partial charge in [0.2, 0.25) is 0 Å². The van der Waals surface area contributed by atoms with Gasteiger partial charge in [-0.2, -0.15) is 0 Å². The number of anilines is 1. The van der Waals surface area contributed by atoms with Crippen molar-refractivity contribution in [2.24, 2.45) is 0 Å². The van der Waals surface area contributed by atoms with Gasteiger partial charge in [-0.15, -0.1) is 0 Å². The summed E-state index contributed by atoms with van der Waals surface area (Å²) in [5.41, 5.74) is 3.93. The smallest absolute Gasteiger partial charge is 0.261 e. The molecule has 31 heavy (non-hydrogen) atoms. The first-order valence-electron chi connectivity index (χ1n) is 10.6. The molecule has 1 aliphatic heterocycles. The van der Waals surface area contributed by atoms with Crippen LogP contribution < -0.4 is 4.90 Å². The van der Waals surface area contributed by atoms with Gasteiger partial charge in [0.1, 0.15) is 5.82 Å². The number of aryl methyl sites for hydroxylation is 1. The van der Waals surface area contributed by atoms with Gasteiger partial charge in [-0.05, 0) is 54.8 Å². The van der Waals surface area contributed by atoms with Crippen LogP contribution in [0.2, 0.25) is 0 Å². The fourth-order valence-corrected chi connectivity index (χ4v) is 4.18. The molecule has 3 aromatic carbocycles. The SMILES string of the molecule is CN(Cc1ccccc1)C[C@H](O)c1ccc2c(c1)CCCN2C(=O)c1ccccc1F. The summed E-state index contributed by atoms with van der Waals surface area (Å²) in [6.45, 7) is 1.82. The standard InChI is InChI=1S/C26H27FN2O2/c1-28(17-19-8-3-2-4-9-19)18-25(30)21-13-14-24-20(16-21)10-7-15-29(24)26(31)22-11-5-6-12-23(22)27/h2-6,8-9,11-14,16,25,30H,7,10,15,17-18H2,1H3/t25-/m0/s1. The number of aliphatic hydroxyl groups is 1. The average Bonchev–Trinajstić information content (AvgIpc) is 2.78. The third kappa shape index (κ3) is 4.84.